The lowest BCUT2D eigenvalue weighted by Gasteiger charge is -1.97. The van der Waals surface area contributed by atoms with E-state index >= 15 is 0 Å². The summed E-state index contributed by atoms with van der Waals surface area (Å²) in [5.41, 5.74) is 0. The summed E-state index contributed by atoms with van der Waals surface area (Å²) in [6, 6.07) is 0. The SMILES string of the molecule is C[C@H](O)c1nc(C2CCOC2)no1. The van der Waals surface area contributed by atoms with Gasteiger partial charge < -0.3 is 14.4 Å². The summed E-state index contributed by atoms with van der Waals surface area (Å²) in [7, 11) is 0. The van der Waals surface area contributed by atoms with Crippen molar-refractivity contribution < 1.29 is 14.4 Å². The maximum atomic E-state index is 9.15. The molecule has 0 aliphatic carbocycles. The zero-order valence-electron chi connectivity index (χ0n) is 7.43. The maximum Gasteiger partial charge on any atom is 0.255 e. The Morgan fingerprint density at radius 2 is 2.46 bits per heavy atom. The summed E-state index contributed by atoms with van der Waals surface area (Å²) in [5, 5.41) is 12.9. The van der Waals surface area contributed by atoms with Crippen molar-refractivity contribution in [2.24, 2.45) is 0 Å². The van der Waals surface area contributed by atoms with Crippen LogP contribution in [0.3, 0.4) is 0 Å². The second kappa shape index (κ2) is 3.43. The Bertz CT molecular complexity index is 279. The van der Waals surface area contributed by atoms with Gasteiger partial charge in [0.25, 0.3) is 5.89 Å². The fraction of sp³-hybridized carbons (Fsp3) is 0.750. The number of aliphatic hydroxyl groups excluding tert-OH is 1. The Hall–Kier alpha value is -0.940. The van der Waals surface area contributed by atoms with Crippen LogP contribution in [0.4, 0.5) is 0 Å². The summed E-state index contributed by atoms with van der Waals surface area (Å²) in [4.78, 5) is 4.08. The molecule has 0 saturated carbocycles. The molecule has 0 aromatic carbocycles. The molecule has 2 atom stereocenters. The van der Waals surface area contributed by atoms with E-state index in [1.807, 2.05) is 0 Å². The van der Waals surface area contributed by atoms with Crippen molar-refractivity contribution in [1.29, 1.82) is 0 Å². The molecule has 1 aromatic rings. The normalized spacial score (nSPS) is 24.9. The minimum absolute atomic E-state index is 0.233. The average molecular weight is 184 g/mol. The monoisotopic (exact) mass is 184 g/mol. The number of nitrogens with zero attached hydrogens (tertiary/aromatic N) is 2. The zero-order valence-corrected chi connectivity index (χ0v) is 7.43. The third-order valence-corrected chi connectivity index (χ3v) is 2.11. The predicted molar refractivity (Wildman–Crippen MR) is 43.1 cm³/mol. The van der Waals surface area contributed by atoms with Gasteiger partial charge in [-0.15, -0.1) is 0 Å². The number of hydrogen-bond donors (Lipinski definition) is 1. The molecule has 5 nitrogen and oxygen atoms in total. The second-order valence-corrected chi connectivity index (χ2v) is 3.23. The van der Waals surface area contributed by atoms with E-state index in [4.69, 9.17) is 14.4 Å². The summed E-state index contributed by atoms with van der Waals surface area (Å²) in [5.74, 6) is 1.16. The lowest BCUT2D eigenvalue weighted by Crippen LogP contribution is -2.00. The van der Waals surface area contributed by atoms with Crippen molar-refractivity contribution >= 4 is 0 Å². The second-order valence-electron chi connectivity index (χ2n) is 3.23. The van der Waals surface area contributed by atoms with Crippen molar-refractivity contribution in [1.82, 2.24) is 10.1 Å². The quantitative estimate of drug-likeness (QED) is 0.730. The molecule has 72 valence electrons. The van der Waals surface area contributed by atoms with Crippen molar-refractivity contribution in [3.8, 4) is 0 Å². The third kappa shape index (κ3) is 1.71. The predicted octanol–water partition coefficient (Wildman–Crippen LogP) is 0.627. The summed E-state index contributed by atoms with van der Waals surface area (Å²) < 4.78 is 10.1. The van der Waals surface area contributed by atoms with Crippen LogP contribution in [0.1, 0.15) is 37.1 Å². The molecule has 0 radical (unpaired) electrons. The fourth-order valence-corrected chi connectivity index (χ4v) is 1.32. The van der Waals surface area contributed by atoms with Crippen LogP contribution in [0.5, 0.6) is 0 Å². The minimum Gasteiger partial charge on any atom is -0.384 e. The Morgan fingerprint density at radius 3 is 3.00 bits per heavy atom. The first-order valence-electron chi connectivity index (χ1n) is 4.36. The molecule has 2 heterocycles. The van der Waals surface area contributed by atoms with Gasteiger partial charge in [0.1, 0.15) is 6.10 Å². The minimum atomic E-state index is -0.691. The number of aromatic nitrogens is 2. The first-order chi connectivity index (χ1) is 6.27. The first-order valence-corrected chi connectivity index (χ1v) is 4.36. The molecule has 0 spiro atoms. The molecule has 13 heavy (non-hydrogen) atoms. The van der Waals surface area contributed by atoms with Crippen molar-refractivity contribution in [3.05, 3.63) is 11.7 Å². The Balaban J connectivity index is 2.12. The van der Waals surface area contributed by atoms with Crippen LogP contribution < -0.4 is 0 Å². The van der Waals surface area contributed by atoms with Gasteiger partial charge in [-0.3, -0.25) is 0 Å². The van der Waals surface area contributed by atoms with Gasteiger partial charge in [0, 0.05) is 12.5 Å². The van der Waals surface area contributed by atoms with Gasteiger partial charge in [-0.1, -0.05) is 5.16 Å². The molecule has 1 aliphatic heterocycles. The Labute approximate surface area is 75.7 Å². The lowest BCUT2D eigenvalue weighted by molar-refractivity contribution is 0.151. The van der Waals surface area contributed by atoms with Crippen molar-refractivity contribution in [2.45, 2.75) is 25.4 Å². The Kier molecular flexibility index (Phi) is 2.28. The molecule has 5 heteroatoms. The van der Waals surface area contributed by atoms with Gasteiger partial charge >= 0.3 is 0 Å². The smallest absolute Gasteiger partial charge is 0.255 e. The molecular weight excluding hydrogens is 172 g/mol. The highest BCUT2D eigenvalue weighted by atomic mass is 16.5. The van der Waals surface area contributed by atoms with Gasteiger partial charge in [-0.05, 0) is 13.3 Å². The van der Waals surface area contributed by atoms with Crippen LogP contribution in [-0.4, -0.2) is 28.5 Å². The number of ether oxygens (including phenoxy) is 1. The van der Waals surface area contributed by atoms with E-state index < -0.39 is 6.10 Å². The largest absolute Gasteiger partial charge is 0.384 e. The van der Waals surface area contributed by atoms with Gasteiger partial charge in [0.2, 0.25) is 0 Å². The molecular formula is C8H12N2O3. The summed E-state index contributed by atoms with van der Waals surface area (Å²) >= 11 is 0. The van der Waals surface area contributed by atoms with Crippen LogP contribution in [0.15, 0.2) is 4.52 Å². The summed E-state index contributed by atoms with van der Waals surface area (Å²) in [6.45, 7) is 3.00. The van der Waals surface area contributed by atoms with E-state index in [-0.39, 0.29) is 11.8 Å². The highest BCUT2D eigenvalue weighted by Gasteiger charge is 2.23. The Morgan fingerprint density at radius 1 is 1.62 bits per heavy atom. The van der Waals surface area contributed by atoms with Gasteiger partial charge in [-0.2, -0.15) is 4.98 Å². The first kappa shape index (κ1) is 8.65. The topological polar surface area (TPSA) is 68.4 Å². The highest BCUT2D eigenvalue weighted by Crippen LogP contribution is 2.23. The van der Waals surface area contributed by atoms with Crippen molar-refractivity contribution in [3.63, 3.8) is 0 Å². The van der Waals surface area contributed by atoms with E-state index in [2.05, 4.69) is 10.1 Å². The average Bonchev–Trinajstić information content (AvgIpc) is 2.75. The molecule has 1 fully saturated rings. The van der Waals surface area contributed by atoms with E-state index in [1.54, 1.807) is 6.92 Å². The van der Waals surface area contributed by atoms with E-state index in [0.717, 1.165) is 13.0 Å². The van der Waals surface area contributed by atoms with Gasteiger partial charge in [0.15, 0.2) is 5.82 Å². The highest BCUT2D eigenvalue weighted by molar-refractivity contribution is 4.98. The molecule has 1 unspecified atom stereocenters. The molecule has 1 saturated heterocycles. The number of hydrogen-bond acceptors (Lipinski definition) is 5. The van der Waals surface area contributed by atoms with Gasteiger partial charge in [0.05, 0.1) is 6.61 Å². The molecule has 0 amide bonds. The van der Waals surface area contributed by atoms with E-state index in [0.29, 0.717) is 12.4 Å². The molecule has 1 N–H and O–H groups in total. The molecule has 1 aliphatic rings. The van der Waals surface area contributed by atoms with Crippen LogP contribution in [0, 0.1) is 0 Å². The lowest BCUT2D eigenvalue weighted by atomic mass is 10.1. The van der Waals surface area contributed by atoms with E-state index in [9.17, 15) is 0 Å². The number of aliphatic hydroxyl groups is 1. The van der Waals surface area contributed by atoms with Crippen LogP contribution in [0.2, 0.25) is 0 Å². The standard InChI is InChI=1S/C8H12N2O3/c1-5(11)8-9-7(10-13-8)6-2-3-12-4-6/h5-6,11H,2-4H2,1H3/t5-,6?/m0/s1. The summed E-state index contributed by atoms with van der Waals surface area (Å²) in [6.07, 6.45) is 0.238. The third-order valence-electron chi connectivity index (χ3n) is 2.11. The zero-order chi connectivity index (χ0) is 9.26. The molecule has 0 bridgehead atoms. The fourth-order valence-electron chi connectivity index (χ4n) is 1.32. The molecule has 2 rings (SSSR count). The van der Waals surface area contributed by atoms with Crippen molar-refractivity contribution in [2.75, 3.05) is 13.2 Å². The van der Waals surface area contributed by atoms with E-state index in [1.165, 1.54) is 0 Å². The maximum absolute atomic E-state index is 9.15. The number of rotatable bonds is 2. The van der Waals surface area contributed by atoms with Gasteiger partial charge in [-0.25, -0.2) is 0 Å². The van der Waals surface area contributed by atoms with Crippen LogP contribution in [-0.2, 0) is 4.74 Å². The van der Waals surface area contributed by atoms with Crippen LogP contribution >= 0.6 is 0 Å². The van der Waals surface area contributed by atoms with Crippen LogP contribution in [0.25, 0.3) is 0 Å². The molecule has 1 aromatic heterocycles.